The molecule has 8 aromatic carbocycles. The first-order valence-electron chi connectivity index (χ1n) is 20.5. The number of fused-ring (bicyclic) bond motifs is 1. The molecule has 4 heteroatoms. The largest absolute Gasteiger partial charge is 0.354 e. The molecule has 0 amide bonds. The predicted molar refractivity (Wildman–Crippen MR) is 253 cm³/mol. The fraction of sp³-hybridized carbons (Fsp3) is 0. The molecule has 0 saturated heterocycles. The molecule has 0 radical (unpaired) electrons. The average molecular weight is 781 g/mol. The average Bonchev–Trinajstić information content (AvgIpc) is 3.35. The van der Waals surface area contributed by atoms with Gasteiger partial charge < -0.3 is 5.32 Å². The first kappa shape index (κ1) is 37.1. The Labute approximate surface area is 356 Å². The van der Waals surface area contributed by atoms with E-state index in [9.17, 15) is 5.41 Å². The number of aromatic nitrogens is 2. The van der Waals surface area contributed by atoms with Gasteiger partial charge in [-0.2, -0.15) is 0 Å². The Morgan fingerprint density at radius 3 is 1.38 bits per heavy atom. The van der Waals surface area contributed by atoms with Gasteiger partial charge in [0.15, 0.2) is 5.82 Å². The highest BCUT2D eigenvalue weighted by Crippen LogP contribution is 2.39. The van der Waals surface area contributed by atoms with E-state index in [-0.39, 0.29) is 0 Å². The molecule has 1 aliphatic rings. The van der Waals surface area contributed by atoms with Gasteiger partial charge in [-0.1, -0.05) is 200 Å². The van der Waals surface area contributed by atoms with Gasteiger partial charge in [0.05, 0.1) is 22.8 Å². The minimum absolute atomic E-state index is 0.455. The summed E-state index contributed by atoms with van der Waals surface area (Å²) in [5.41, 5.74) is 17.4. The lowest BCUT2D eigenvalue weighted by atomic mass is 9.86. The molecule has 0 unspecified atom stereocenters. The highest BCUT2D eigenvalue weighted by atomic mass is 14.9. The van der Waals surface area contributed by atoms with Crippen molar-refractivity contribution in [3.8, 4) is 56.2 Å². The van der Waals surface area contributed by atoms with Crippen LogP contribution < -0.4 is 5.32 Å². The van der Waals surface area contributed by atoms with Gasteiger partial charge in [0, 0.05) is 39.1 Å². The zero-order valence-corrected chi connectivity index (χ0v) is 33.3. The molecule has 0 fully saturated rings. The van der Waals surface area contributed by atoms with Crippen LogP contribution in [0.1, 0.15) is 27.8 Å². The van der Waals surface area contributed by atoms with Crippen molar-refractivity contribution in [2.24, 2.45) is 0 Å². The van der Waals surface area contributed by atoms with Gasteiger partial charge in [0.1, 0.15) is 0 Å². The van der Waals surface area contributed by atoms with Crippen LogP contribution in [0.2, 0.25) is 0 Å². The van der Waals surface area contributed by atoms with Crippen molar-refractivity contribution >= 4 is 28.8 Å². The van der Waals surface area contributed by atoms with Crippen molar-refractivity contribution in [1.82, 2.24) is 15.3 Å². The summed E-state index contributed by atoms with van der Waals surface area (Å²) in [6.07, 6.45) is 2.21. The fourth-order valence-electron chi connectivity index (χ4n) is 8.02. The summed E-state index contributed by atoms with van der Waals surface area (Å²) in [7, 11) is 0. The number of hydrogen-bond donors (Lipinski definition) is 2. The second kappa shape index (κ2) is 16.6. The third kappa shape index (κ3) is 7.74. The Morgan fingerprint density at radius 1 is 0.377 bits per heavy atom. The monoisotopic (exact) mass is 780 g/mol. The zero-order chi connectivity index (χ0) is 41.0. The van der Waals surface area contributed by atoms with Crippen molar-refractivity contribution in [3.63, 3.8) is 0 Å². The van der Waals surface area contributed by atoms with Crippen LogP contribution in [-0.2, 0) is 0 Å². The van der Waals surface area contributed by atoms with Crippen LogP contribution in [0.5, 0.6) is 0 Å². The second-order valence-corrected chi connectivity index (χ2v) is 15.1. The van der Waals surface area contributed by atoms with E-state index >= 15 is 0 Å². The highest BCUT2D eigenvalue weighted by molar-refractivity contribution is 6.36. The molecular formula is C57H40N4. The van der Waals surface area contributed by atoms with E-state index in [1.165, 1.54) is 0 Å². The molecule has 0 bridgehead atoms. The number of nitrogens with one attached hydrogen (secondary N) is 2. The van der Waals surface area contributed by atoms with Crippen LogP contribution in [0, 0.1) is 5.41 Å². The number of hydrogen-bond acceptors (Lipinski definition) is 4. The SMILES string of the molecule is N=C(/C(=C1\NC(c2ccccc2)=Cc2ccc(-c3cccc(-c4cccc(-c5nc(-c6ccccc6)cc(-c6ccccc6)n5)c4)c3)cc21)c1ccccc1)c1ccccc1. The molecule has 1 aromatic heterocycles. The van der Waals surface area contributed by atoms with E-state index in [1.54, 1.807) is 0 Å². The Bertz CT molecular complexity index is 3020. The lowest BCUT2D eigenvalue weighted by Crippen LogP contribution is -2.20. The lowest BCUT2D eigenvalue weighted by Gasteiger charge is -2.27. The maximum absolute atomic E-state index is 9.68. The maximum Gasteiger partial charge on any atom is 0.160 e. The smallest absolute Gasteiger partial charge is 0.160 e. The van der Waals surface area contributed by atoms with E-state index in [0.717, 1.165) is 95.1 Å². The Hall–Kier alpha value is -8.21. The molecule has 4 nitrogen and oxygen atoms in total. The molecule has 61 heavy (non-hydrogen) atoms. The van der Waals surface area contributed by atoms with Crippen molar-refractivity contribution in [1.29, 1.82) is 5.41 Å². The lowest BCUT2D eigenvalue weighted by molar-refractivity contribution is 1.18. The standard InChI is InChI=1S/C57H40N4/c58-55(43-26-14-5-15-27-43)54(42-24-12-4-13-25-42)56-50-36-47(32-33-48(50)37-51(59-56)39-18-6-1-7-19-39)45-29-16-28-44(34-45)46-30-17-31-49(35-46)57-60-52(40-20-8-2-9-21-40)38-53(61-57)41-22-10-3-11-23-41/h1-38,58-59H/b56-54-,58-55?. The minimum Gasteiger partial charge on any atom is -0.354 e. The van der Waals surface area contributed by atoms with Crippen LogP contribution in [0.4, 0.5) is 0 Å². The Balaban J connectivity index is 1.07. The molecule has 2 heterocycles. The molecule has 0 aliphatic carbocycles. The fourth-order valence-corrected chi connectivity index (χ4v) is 8.02. The van der Waals surface area contributed by atoms with Gasteiger partial charge in [0.25, 0.3) is 0 Å². The molecular weight excluding hydrogens is 741 g/mol. The molecule has 288 valence electrons. The Kier molecular flexibility index (Phi) is 10.1. The topological polar surface area (TPSA) is 61.7 Å². The predicted octanol–water partition coefficient (Wildman–Crippen LogP) is 13.8. The molecule has 10 rings (SSSR count). The van der Waals surface area contributed by atoms with Gasteiger partial charge in [0.2, 0.25) is 0 Å². The highest BCUT2D eigenvalue weighted by Gasteiger charge is 2.24. The minimum atomic E-state index is 0.455. The summed E-state index contributed by atoms with van der Waals surface area (Å²) in [5, 5.41) is 13.5. The van der Waals surface area contributed by atoms with Crippen LogP contribution in [0.15, 0.2) is 224 Å². The maximum atomic E-state index is 9.68. The second-order valence-electron chi connectivity index (χ2n) is 15.1. The third-order valence-corrected chi connectivity index (χ3v) is 11.1. The number of allylic oxidation sites excluding steroid dienone is 1. The third-order valence-electron chi connectivity index (χ3n) is 11.1. The van der Waals surface area contributed by atoms with Crippen LogP contribution in [0.3, 0.4) is 0 Å². The van der Waals surface area contributed by atoms with Crippen molar-refractivity contribution in [3.05, 3.63) is 252 Å². The first-order valence-corrected chi connectivity index (χ1v) is 20.5. The quantitative estimate of drug-likeness (QED) is 0.143. The molecule has 1 aliphatic heterocycles. The summed E-state index contributed by atoms with van der Waals surface area (Å²) < 4.78 is 0. The van der Waals surface area contributed by atoms with E-state index < -0.39 is 0 Å². The van der Waals surface area contributed by atoms with Gasteiger partial charge in [-0.25, -0.2) is 9.97 Å². The molecule has 0 atom stereocenters. The summed E-state index contributed by atoms with van der Waals surface area (Å²) in [5.74, 6) is 0.679. The van der Waals surface area contributed by atoms with Gasteiger partial charge >= 0.3 is 0 Å². The summed E-state index contributed by atoms with van der Waals surface area (Å²) >= 11 is 0. The van der Waals surface area contributed by atoms with Crippen molar-refractivity contribution in [2.45, 2.75) is 0 Å². The number of rotatable bonds is 9. The van der Waals surface area contributed by atoms with Gasteiger partial charge in [-0.15, -0.1) is 0 Å². The summed E-state index contributed by atoms with van der Waals surface area (Å²) in [6.45, 7) is 0. The Morgan fingerprint density at radius 2 is 0.820 bits per heavy atom. The first-order chi connectivity index (χ1) is 30.1. The number of nitrogens with zero attached hydrogens (tertiary/aromatic N) is 2. The molecule has 0 saturated carbocycles. The summed E-state index contributed by atoms with van der Waals surface area (Å²) in [4.78, 5) is 10.2. The summed E-state index contributed by atoms with van der Waals surface area (Å²) in [6, 6.07) is 77.2. The molecule has 0 spiro atoms. The van der Waals surface area contributed by atoms with E-state index in [1.807, 2.05) is 91.0 Å². The van der Waals surface area contributed by atoms with Crippen LogP contribution in [-0.4, -0.2) is 15.7 Å². The normalized spacial score (nSPS) is 12.8. The van der Waals surface area contributed by atoms with Crippen LogP contribution >= 0.6 is 0 Å². The zero-order valence-electron chi connectivity index (χ0n) is 33.3. The number of benzene rings is 8. The van der Waals surface area contributed by atoms with E-state index in [0.29, 0.717) is 11.5 Å². The van der Waals surface area contributed by atoms with Gasteiger partial charge in [-0.05, 0) is 69.3 Å². The van der Waals surface area contributed by atoms with Crippen molar-refractivity contribution < 1.29 is 0 Å². The molecule has 2 N–H and O–H groups in total. The van der Waals surface area contributed by atoms with E-state index in [4.69, 9.17) is 9.97 Å². The van der Waals surface area contributed by atoms with Gasteiger partial charge in [-0.3, -0.25) is 5.41 Å². The van der Waals surface area contributed by atoms with Crippen molar-refractivity contribution in [2.75, 3.05) is 0 Å². The van der Waals surface area contributed by atoms with E-state index in [2.05, 4.69) is 145 Å². The molecule has 9 aromatic rings. The van der Waals surface area contributed by atoms with Crippen LogP contribution in [0.25, 0.3) is 79.2 Å².